The summed E-state index contributed by atoms with van der Waals surface area (Å²) in [5.41, 5.74) is 1.03. The van der Waals surface area contributed by atoms with E-state index in [1.165, 1.54) is 0 Å². The van der Waals surface area contributed by atoms with E-state index in [2.05, 4.69) is 19.8 Å². The molecular formula is C20H24Cl2N4O. The van der Waals surface area contributed by atoms with Gasteiger partial charge in [-0.05, 0) is 50.1 Å². The van der Waals surface area contributed by atoms with Gasteiger partial charge in [0.1, 0.15) is 0 Å². The van der Waals surface area contributed by atoms with Crippen LogP contribution in [-0.4, -0.2) is 53.9 Å². The minimum Gasteiger partial charge on any atom is -0.504 e. The molecule has 0 aliphatic carbocycles. The zero-order valence-corrected chi connectivity index (χ0v) is 16.7. The summed E-state index contributed by atoms with van der Waals surface area (Å²) in [5, 5.41) is 10.9. The first-order valence-electron chi connectivity index (χ1n) is 9.23. The number of piperazine rings is 1. The van der Waals surface area contributed by atoms with Crippen LogP contribution in [0.5, 0.6) is 5.75 Å². The van der Waals surface area contributed by atoms with Crippen molar-refractivity contribution in [3.05, 3.63) is 46.6 Å². The number of rotatable bonds is 7. The monoisotopic (exact) mass is 406 g/mol. The van der Waals surface area contributed by atoms with E-state index in [0.717, 1.165) is 57.7 Å². The van der Waals surface area contributed by atoms with Crippen LogP contribution < -0.4 is 4.90 Å². The van der Waals surface area contributed by atoms with Crippen LogP contribution in [0.4, 0.5) is 11.5 Å². The Labute approximate surface area is 170 Å². The third kappa shape index (κ3) is 5.58. The van der Waals surface area contributed by atoms with E-state index in [0.29, 0.717) is 15.9 Å². The molecule has 1 N–H and O–H groups in total. The van der Waals surface area contributed by atoms with Gasteiger partial charge < -0.3 is 10.0 Å². The van der Waals surface area contributed by atoms with E-state index in [-0.39, 0.29) is 5.75 Å². The summed E-state index contributed by atoms with van der Waals surface area (Å²) in [6, 6.07) is 9.08. The molecule has 0 bridgehead atoms. The largest absolute Gasteiger partial charge is 0.504 e. The number of aromatic hydroxyl groups is 1. The number of hydrogen-bond acceptors (Lipinski definition) is 5. The number of hydrogen-bond donors (Lipinski definition) is 1. The average Bonchev–Trinajstić information content (AvgIpc) is 2.69. The normalized spacial score (nSPS) is 15.6. The fourth-order valence-electron chi connectivity index (χ4n) is 3.16. The number of halogens is 2. The molecule has 0 radical (unpaired) electrons. The van der Waals surface area contributed by atoms with Gasteiger partial charge in [0.2, 0.25) is 0 Å². The fraction of sp³-hybridized carbons (Fsp3) is 0.400. The Morgan fingerprint density at radius 2 is 1.89 bits per heavy atom. The number of aromatic nitrogens is 1. The van der Waals surface area contributed by atoms with Crippen molar-refractivity contribution < 1.29 is 5.11 Å². The summed E-state index contributed by atoms with van der Waals surface area (Å²) < 4.78 is 0. The van der Waals surface area contributed by atoms with E-state index in [1.54, 1.807) is 18.3 Å². The van der Waals surface area contributed by atoms with Crippen molar-refractivity contribution in [1.82, 2.24) is 9.88 Å². The van der Waals surface area contributed by atoms with E-state index in [1.807, 2.05) is 24.4 Å². The lowest BCUT2D eigenvalue weighted by molar-refractivity contribution is 0.253. The molecular weight excluding hydrogens is 383 g/mol. The van der Waals surface area contributed by atoms with Gasteiger partial charge in [0.15, 0.2) is 11.6 Å². The molecule has 2 aromatic rings. The highest BCUT2D eigenvalue weighted by Crippen LogP contribution is 2.32. The molecule has 7 heteroatoms. The average molecular weight is 407 g/mol. The van der Waals surface area contributed by atoms with E-state index >= 15 is 0 Å². The summed E-state index contributed by atoms with van der Waals surface area (Å²) in [6.07, 6.45) is 6.54. The molecule has 0 atom stereocenters. The van der Waals surface area contributed by atoms with Gasteiger partial charge in [-0.2, -0.15) is 0 Å². The van der Waals surface area contributed by atoms with Crippen LogP contribution in [0.1, 0.15) is 19.3 Å². The van der Waals surface area contributed by atoms with Crippen molar-refractivity contribution in [3.8, 4) is 5.75 Å². The predicted octanol–water partition coefficient (Wildman–Crippen LogP) is 4.79. The third-order valence-corrected chi connectivity index (χ3v) is 5.49. The van der Waals surface area contributed by atoms with Crippen molar-refractivity contribution in [1.29, 1.82) is 0 Å². The topological polar surface area (TPSA) is 52.0 Å². The molecule has 27 heavy (non-hydrogen) atoms. The minimum absolute atomic E-state index is 0.117. The maximum absolute atomic E-state index is 9.62. The third-order valence-electron chi connectivity index (χ3n) is 4.68. The lowest BCUT2D eigenvalue weighted by Gasteiger charge is -2.36. The van der Waals surface area contributed by atoms with Gasteiger partial charge in [0, 0.05) is 38.6 Å². The van der Waals surface area contributed by atoms with E-state index in [4.69, 9.17) is 23.2 Å². The quantitative estimate of drug-likeness (QED) is 0.530. The Morgan fingerprint density at radius 1 is 1.07 bits per heavy atom. The smallest absolute Gasteiger partial charge is 0.194 e. The Bertz CT molecular complexity index is 776. The molecule has 1 aliphatic rings. The lowest BCUT2D eigenvalue weighted by atomic mass is 10.2. The molecule has 144 valence electrons. The Hall–Kier alpha value is -1.82. The SMILES string of the molecule is Oc1cccnc1/N=C/CCCCN1CCN(c2cccc(Cl)c2Cl)CC1. The molecule has 0 unspecified atom stereocenters. The first-order valence-corrected chi connectivity index (χ1v) is 9.98. The van der Waals surface area contributed by atoms with E-state index in [9.17, 15) is 5.11 Å². The molecule has 1 aromatic carbocycles. The van der Waals surface area contributed by atoms with Crippen LogP contribution in [0.25, 0.3) is 0 Å². The number of aliphatic imine (C=N–C) groups is 1. The summed E-state index contributed by atoms with van der Waals surface area (Å²) in [7, 11) is 0. The molecule has 0 saturated carbocycles. The highest BCUT2D eigenvalue weighted by molar-refractivity contribution is 6.43. The van der Waals surface area contributed by atoms with Gasteiger partial charge in [0.25, 0.3) is 0 Å². The molecule has 5 nitrogen and oxygen atoms in total. The molecule has 2 heterocycles. The van der Waals surface area contributed by atoms with Crippen LogP contribution in [0.3, 0.4) is 0 Å². The molecule has 0 amide bonds. The molecule has 3 rings (SSSR count). The van der Waals surface area contributed by atoms with Gasteiger partial charge in [0.05, 0.1) is 15.7 Å². The molecule has 0 spiro atoms. The maximum Gasteiger partial charge on any atom is 0.194 e. The van der Waals surface area contributed by atoms with Crippen molar-refractivity contribution in [3.63, 3.8) is 0 Å². The molecule has 1 aliphatic heterocycles. The van der Waals surface area contributed by atoms with Crippen LogP contribution in [0, 0.1) is 0 Å². The lowest BCUT2D eigenvalue weighted by Crippen LogP contribution is -2.46. The van der Waals surface area contributed by atoms with Gasteiger partial charge in [-0.25, -0.2) is 9.98 Å². The van der Waals surface area contributed by atoms with Gasteiger partial charge in [-0.15, -0.1) is 0 Å². The van der Waals surface area contributed by atoms with Gasteiger partial charge in [-0.3, -0.25) is 4.90 Å². The second-order valence-electron chi connectivity index (χ2n) is 6.56. The molecule has 1 saturated heterocycles. The van der Waals surface area contributed by atoms with Crippen LogP contribution in [0.2, 0.25) is 10.0 Å². The Kier molecular flexibility index (Phi) is 7.33. The van der Waals surface area contributed by atoms with Crippen molar-refractivity contribution >= 4 is 40.9 Å². The number of benzene rings is 1. The summed E-state index contributed by atoms with van der Waals surface area (Å²) >= 11 is 12.5. The van der Waals surface area contributed by atoms with Crippen LogP contribution in [-0.2, 0) is 0 Å². The highest BCUT2D eigenvalue weighted by Gasteiger charge is 2.19. The number of nitrogens with zero attached hydrogens (tertiary/aromatic N) is 4. The zero-order valence-electron chi connectivity index (χ0n) is 15.2. The maximum atomic E-state index is 9.62. The van der Waals surface area contributed by atoms with Gasteiger partial charge >= 0.3 is 0 Å². The van der Waals surface area contributed by atoms with Crippen molar-refractivity contribution in [2.24, 2.45) is 4.99 Å². The van der Waals surface area contributed by atoms with Crippen LogP contribution >= 0.6 is 23.2 Å². The Balaban J connectivity index is 1.35. The minimum atomic E-state index is 0.117. The summed E-state index contributed by atoms with van der Waals surface area (Å²) in [4.78, 5) is 13.0. The Morgan fingerprint density at radius 3 is 2.67 bits per heavy atom. The molecule has 1 aromatic heterocycles. The summed E-state index contributed by atoms with van der Waals surface area (Å²) in [5.74, 6) is 0.500. The van der Waals surface area contributed by atoms with E-state index < -0.39 is 0 Å². The van der Waals surface area contributed by atoms with Crippen molar-refractivity contribution in [2.75, 3.05) is 37.6 Å². The van der Waals surface area contributed by atoms with Crippen molar-refractivity contribution in [2.45, 2.75) is 19.3 Å². The van der Waals surface area contributed by atoms with Gasteiger partial charge in [-0.1, -0.05) is 29.3 Å². The second kappa shape index (κ2) is 9.93. The number of unbranched alkanes of at least 4 members (excludes halogenated alkanes) is 2. The highest BCUT2D eigenvalue weighted by atomic mass is 35.5. The first-order chi connectivity index (χ1) is 13.1. The standard InChI is InChI=1S/C20H24Cl2N4O/c21-16-6-4-7-17(19(16)22)26-14-12-25(13-15-26)11-3-1-2-9-23-20-18(27)8-5-10-24-20/h4-10,27H,1-3,11-15H2/b23-9+. The zero-order chi connectivity index (χ0) is 19.1. The number of anilines is 1. The second-order valence-corrected chi connectivity index (χ2v) is 7.34. The predicted molar refractivity (Wildman–Crippen MR) is 113 cm³/mol. The molecule has 1 fully saturated rings. The number of pyridine rings is 1. The first kappa shape index (κ1) is 19.9. The summed E-state index contributed by atoms with van der Waals surface area (Å²) in [6.45, 7) is 5.05. The fourth-order valence-corrected chi connectivity index (χ4v) is 3.57. The van der Waals surface area contributed by atoms with Crippen LogP contribution in [0.15, 0.2) is 41.5 Å².